The second-order valence-electron chi connectivity index (χ2n) is 8.16. The number of hydrogen-bond donors (Lipinski definition) is 2. The predicted octanol–water partition coefficient (Wildman–Crippen LogP) is 2.32. The zero-order chi connectivity index (χ0) is 20.9. The molecule has 8 nitrogen and oxygen atoms in total. The van der Waals surface area contributed by atoms with Gasteiger partial charge in [0.15, 0.2) is 11.5 Å². The molecule has 2 N–H and O–H groups in total. The van der Waals surface area contributed by atoms with Gasteiger partial charge in [0.05, 0.1) is 30.7 Å². The molecule has 0 bridgehead atoms. The first-order valence-electron chi connectivity index (χ1n) is 10.6. The number of H-pyrrole nitrogens is 1. The molecule has 162 valence electrons. The highest BCUT2D eigenvalue weighted by molar-refractivity contribution is 5.99. The van der Waals surface area contributed by atoms with Crippen LogP contribution in [0.2, 0.25) is 0 Å². The molecular formula is C22H30N4O4. The van der Waals surface area contributed by atoms with Gasteiger partial charge < -0.3 is 19.5 Å². The minimum atomic E-state index is -0.129. The smallest absolute Gasteiger partial charge is 0.255 e. The number of hydrogen-bond acceptors (Lipinski definition) is 6. The number of aromatic nitrogens is 2. The van der Waals surface area contributed by atoms with Gasteiger partial charge in [0.1, 0.15) is 13.2 Å². The van der Waals surface area contributed by atoms with Gasteiger partial charge in [-0.15, -0.1) is 0 Å². The summed E-state index contributed by atoms with van der Waals surface area (Å²) in [5, 5.41) is 10.2. The Morgan fingerprint density at radius 1 is 1.17 bits per heavy atom. The average Bonchev–Trinajstić information content (AvgIpc) is 3.26. The Hall–Kier alpha value is -2.58. The van der Waals surface area contributed by atoms with Crippen LogP contribution in [0.3, 0.4) is 0 Å². The molecule has 0 saturated carbocycles. The van der Waals surface area contributed by atoms with Crippen molar-refractivity contribution in [3.05, 3.63) is 30.0 Å². The first-order chi connectivity index (χ1) is 14.6. The van der Waals surface area contributed by atoms with E-state index in [2.05, 4.69) is 34.3 Å². The lowest BCUT2D eigenvalue weighted by Gasteiger charge is -2.35. The molecule has 30 heavy (non-hydrogen) atoms. The summed E-state index contributed by atoms with van der Waals surface area (Å²) in [4.78, 5) is 15.4. The molecule has 1 saturated heterocycles. The molecule has 1 atom stereocenters. The molecule has 3 heterocycles. The van der Waals surface area contributed by atoms with Crippen LogP contribution in [0.5, 0.6) is 11.5 Å². The fraction of sp³-hybridized carbons (Fsp3) is 0.545. The van der Waals surface area contributed by atoms with Gasteiger partial charge in [0.2, 0.25) is 0 Å². The third-order valence-corrected chi connectivity index (χ3v) is 5.52. The maximum absolute atomic E-state index is 13.0. The van der Waals surface area contributed by atoms with Crippen LogP contribution < -0.4 is 14.8 Å². The van der Waals surface area contributed by atoms with Crippen LogP contribution in [0.4, 0.5) is 0 Å². The number of rotatable bonds is 7. The fourth-order valence-corrected chi connectivity index (χ4v) is 4.03. The molecule has 1 unspecified atom stereocenters. The number of benzene rings is 1. The molecule has 2 aromatic rings. The summed E-state index contributed by atoms with van der Waals surface area (Å²) in [6.07, 6.45) is 2.61. The molecule has 1 amide bonds. The Labute approximate surface area is 176 Å². The number of morpholine rings is 1. The van der Waals surface area contributed by atoms with E-state index >= 15 is 0 Å². The molecule has 2 aliphatic heterocycles. The van der Waals surface area contributed by atoms with Crippen molar-refractivity contribution >= 4 is 5.91 Å². The van der Waals surface area contributed by atoms with Gasteiger partial charge in [-0.25, -0.2) is 0 Å². The van der Waals surface area contributed by atoms with E-state index in [1.165, 1.54) is 0 Å². The molecular weight excluding hydrogens is 384 g/mol. The molecule has 0 radical (unpaired) electrons. The highest BCUT2D eigenvalue weighted by atomic mass is 16.6. The summed E-state index contributed by atoms with van der Waals surface area (Å²) in [5.74, 6) is 1.83. The lowest BCUT2D eigenvalue weighted by molar-refractivity contribution is 0.0124. The SMILES string of the molecule is CC(C)CC(CNC(=O)c1cn[nH]c1-c1ccc2c(c1)OCCO2)N1CCOCC1. The zero-order valence-corrected chi connectivity index (χ0v) is 17.6. The second kappa shape index (κ2) is 9.49. The minimum Gasteiger partial charge on any atom is -0.486 e. The van der Waals surface area contributed by atoms with E-state index in [1.807, 2.05) is 18.2 Å². The second-order valence-corrected chi connectivity index (χ2v) is 8.16. The van der Waals surface area contributed by atoms with Gasteiger partial charge in [-0.3, -0.25) is 14.8 Å². The van der Waals surface area contributed by atoms with Crippen molar-refractivity contribution in [1.29, 1.82) is 0 Å². The monoisotopic (exact) mass is 414 g/mol. The van der Waals surface area contributed by atoms with Crippen molar-refractivity contribution in [2.24, 2.45) is 5.92 Å². The van der Waals surface area contributed by atoms with Crippen molar-refractivity contribution in [3.8, 4) is 22.8 Å². The van der Waals surface area contributed by atoms with Crippen molar-refractivity contribution in [2.45, 2.75) is 26.3 Å². The Balaban J connectivity index is 1.46. The van der Waals surface area contributed by atoms with Crippen LogP contribution in [0.25, 0.3) is 11.3 Å². The maximum atomic E-state index is 13.0. The van der Waals surface area contributed by atoms with Crippen molar-refractivity contribution in [1.82, 2.24) is 20.4 Å². The Morgan fingerprint density at radius 2 is 1.93 bits per heavy atom. The minimum absolute atomic E-state index is 0.129. The number of nitrogens with zero attached hydrogens (tertiary/aromatic N) is 2. The Morgan fingerprint density at radius 3 is 2.70 bits per heavy atom. The van der Waals surface area contributed by atoms with Gasteiger partial charge in [0, 0.05) is 31.2 Å². The number of nitrogens with one attached hydrogen (secondary N) is 2. The Bertz CT molecular complexity index is 861. The summed E-state index contributed by atoms with van der Waals surface area (Å²) in [6, 6.07) is 5.95. The van der Waals surface area contributed by atoms with E-state index < -0.39 is 0 Å². The number of carbonyl (C=O) groups is 1. The van der Waals surface area contributed by atoms with E-state index in [1.54, 1.807) is 6.20 Å². The van der Waals surface area contributed by atoms with Crippen molar-refractivity contribution < 1.29 is 19.0 Å². The van der Waals surface area contributed by atoms with Gasteiger partial charge >= 0.3 is 0 Å². The molecule has 1 fully saturated rings. The van der Waals surface area contributed by atoms with E-state index in [-0.39, 0.29) is 5.91 Å². The van der Waals surface area contributed by atoms with Crippen LogP contribution in [0.1, 0.15) is 30.6 Å². The molecule has 8 heteroatoms. The predicted molar refractivity (Wildman–Crippen MR) is 113 cm³/mol. The summed E-state index contributed by atoms with van der Waals surface area (Å²) < 4.78 is 16.7. The normalized spacial score (nSPS) is 17.7. The van der Waals surface area contributed by atoms with Crippen LogP contribution in [-0.4, -0.2) is 73.1 Å². The number of fused-ring (bicyclic) bond motifs is 1. The summed E-state index contributed by atoms with van der Waals surface area (Å²) in [6.45, 7) is 9.40. The first-order valence-corrected chi connectivity index (χ1v) is 10.6. The quantitative estimate of drug-likeness (QED) is 0.723. The molecule has 2 aliphatic rings. The Kier molecular flexibility index (Phi) is 6.54. The third kappa shape index (κ3) is 4.76. The number of amides is 1. The molecule has 0 spiro atoms. The van der Waals surface area contributed by atoms with Crippen molar-refractivity contribution in [3.63, 3.8) is 0 Å². The number of carbonyl (C=O) groups excluding carboxylic acids is 1. The topological polar surface area (TPSA) is 88.7 Å². The standard InChI is InChI=1S/C22H30N4O4/c1-15(2)11-17(26-5-7-28-8-6-26)13-23-22(27)18-14-24-25-21(18)16-3-4-19-20(12-16)30-10-9-29-19/h3-4,12,14-15,17H,5-11,13H2,1-2H3,(H,23,27)(H,24,25). The van der Waals surface area contributed by atoms with E-state index in [0.29, 0.717) is 48.7 Å². The highest BCUT2D eigenvalue weighted by Gasteiger charge is 2.24. The molecule has 1 aromatic heterocycles. The molecule has 4 rings (SSSR count). The largest absolute Gasteiger partial charge is 0.486 e. The van der Waals surface area contributed by atoms with Crippen molar-refractivity contribution in [2.75, 3.05) is 46.1 Å². The van der Waals surface area contributed by atoms with Crippen LogP contribution in [-0.2, 0) is 4.74 Å². The van der Waals surface area contributed by atoms with Gasteiger partial charge in [-0.2, -0.15) is 5.10 Å². The first kappa shape index (κ1) is 20.7. The van der Waals surface area contributed by atoms with E-state index in [4.69, 9.17) is 14.2 Å². The van der Waals surface area contributed by atoms with E-state index in [9.17, 15) is 4.79 Å². The van der Waals surface area contributed by atoms with E-state index in [0.717, 1.165) is 44.0 Å². The lowest BCUT2D eigenvalue weighted by Crippen LogP contribution is -2.49. The summed E-state index contributed by atoms with van der Waals surface area (Å²) >= 11 is 0. The van der Waals surface area contributed by atoms with Gasteiger partial charge in [0.25, 0.3) is 5.91 Å². The summed E-state index contributed by atoms with van der Waals surface area (Å²) in [7, 11) is 0. The lowest BCUT2D eigenvalue weighted by atomic mass is 10.0. The van der Waals surface area contributed by atoms with Gasteiger partial charge in [-0.1, -0.05) is 13.8 Å². The zero-order valence-electron chi connectivity index (χ0n) is 17.6. The number of aromatic amines is 1. The third-order valence-electron chi connectivity index (χ3n) is 5.52. The molecule has 0 aliphatic carbocycles. The maximum Gasteiger partial charge on any atom is 0.255 e. The van der Waals surface area contributed by atoms with Crippen LogP contribution in [0, 0.1) is 5.92 Å². The highest BCUT2D eigenvalue weighted by Crippen LogP contribution is 2.34. The van der Waals surface area contributed by atoms with Gasteiger partial charge in [-0.05, 0) is 30.5 Å². The molecule has 1 aromatic carbocycles. The van der Waals surface area contributed by atoms with Crippen LogP contribution in [0.15, 0.2) is 24.4 Å². The fourth-order valence-electron chi connectivity index (χ4n) is 4.03. The number of ether oxygens (including phenoxy) is 3. The average molecular weight is 415 g/mol. The summed E-state index contributed by atoms with van der Waals surface area (Å²) in [5.41, 5.74) is 2.04. The van der Waals surface area contributed by atoms with Crippen LogP contribution >= 0.6 is 0 Å².